The van der Waals surface area contributed by atoms with E-state index in [1.165, 1.54) is 16.6 Å². The number of ether oxygens (including phenoxy) is 2. The average molecular weight is 476 g/mol. The number of nitrogens with zero attached hydrogens (tertiary/aromatic N) is 7. The highest BCUT2D eigenvalue weighted by atomic mass is 16.5. The van der Waals surface area contributed by atoms with Crippen LogP contribution in [0.1, 0.15) is 5.56 Å². The van der Waals surface area contributed by atoms with Crippen LogP contribution >= 0.6 is 0 Å². The predicted octanol–water partition coefficient (Wildman–Crippen LogP) is 2.30. The highest BCUT2D eigenvalue weighted by Gasteiger charge is 2.17. The maximum atomic E-state index is 6.21. The minimum atomic E-state index is 0.203. The van der Waals surface area contributed by atoms with Crippen LogP contribution in [0.25, 0.3) is 16.7 Å². The molecule has 2 aromatic heterocycles. The Hall–Kier alpha value is -3.96. The topological polar surface area (TPSA) is 119 Å². The van der Waals surface area contributed by atoms with Crippen molar-refractivity contribution in [3.63, 3.8) is 0 Å². The first-order chi connectivity index (χ1) is 17.0. The maximum absolute atomic E-state index is 6.21. The molecular formula is C24H29N9O2. The first-order valence-corrected chi connectivity index (χ1v) is 11.4. The molecule has 0 atom stereocenters. The van der Waals surface area contributed by atoms with Crippen LogP contribution < -0.4 is 20.5 Å². The SMILES string of the molecule is COc1cc2ncnc(-n3nc(Nc4ccc(CN5CCN(C)CC5)cc4)nc3N)c2cc1OC. The Bertz CT molecular complexity index is 1310. The van der Waals surface area contributed by atoms with Gasteiger partial charge in [-0.25, -0.2) is 9.97 Å². The zero-order chi connectivity index (χ0) is 24.4. The van der Waals surface area contributed by atoms with E-state index < -0.39 is 0 Å². The van der Waals surface area contributed by atoms with Crippen LogP contribution in [-0.4, -0.2) is 82.0 Å². The molecule has 0 aliphatic carbocycles. The molecule has 0 amide bonds. The molecule has 35 heavy (non-hydrogen) atoms. The second-order valence-electron chi connectivity index (χ2n) is 8.53. The Labute approximate surface area is 203 Å². The number of rotatable bonds is 7. The Morgan fingerprint density at radius 1 is 0.971 bits per heavy atom. The number of hydrogen-bond donors (Lipinski definition) is 2. The summed E-state index contributed by atoms with van der Waals surface area (Å²) >= 11 is 0. The lowest BCUT2D eigenvalue weighted by molar-refractivity contribution is 0.148. The summed E-state index contributed by atoms with van der Waals surface area (Å²) in [5.41, 5.74) is 9.03. The Balaban J connectivity index is 1.35. The number of hydrogen-bond acceptors (Lipinski definition) is 10. The minimum Gasteiger partial charge on any atom is -0.493 e. The third-order valence-corrected chi connectivity index (χ3v) is 6.16. The standard InChI is InChI=1S/C24H29N9O2/c1-31-8-10-32(11-9-31)14-16-4-6-17(7-5-16)28-24-29-23(25)33(30-24)22-18-12-20(34-2)21(35-3)13-19(18)26-15-27-22/h4-7,12-13,15H,8-11,14H2,1-3H3,(H3,25,28,29,30). The molecule has 0 bridgehead atoms. The van der Waals surface area contributed by atoms with E-state index in [1.807, 2.05) is 12.1 Å². The van der Waals surface area contributed by atoms with Crippen LogP contribution in [0.5, 0.6) is 11.5 Å². The number of likely N-dealkylation sites (N-methyl/N-ethyl adjacent to an activating group) is 1. The van der Waals surface area contributed by atoms with Crippen molar-refractivity contribution in [3.05, 3.63) is 48.3 Å². The molecule has 1 aliphatic heterocycles. The van der Waals surface area contributed by atoms with Gasteiger partial charge >= 0.3 is 0 Å². The highest BCUT2D eigenvalue weighted by Crippen LogP contribution is 2.33. The first kappa shape index (κ1) is 22.8. The van der Waals surface area contributed by atoms with Crippen molar-refractivity contribution in [1.82, 2.24) is 34.5 Å². The molecule has 0 saturated carbocycles. The van der Waals surface area contributed by atoms with Crippen molar-refractivity contribution >= 4 is 28.5 Å². The molecule has 5 rings (SSSR count). The van der Waals surface area contributed by atoms with E-state index in [4.69, 9.17) is 15.2 Å². The van der Waals surface area contributed by atoms with Gasteiger partial charge in [-0.1, -0.05) is 12.1 Å². The van der Waals surface area contributed by atoms with Gasteiger partial charge in [0.25, 0.3) is 0 Å². The zero-order valence-corrected chi connectivity index (χ0v) is 20.1. The van der Waals surface area contributed by atoms with Crippen molar-refractivity contribution in [3.8, 4) is 17.3 Å². The fraction of sp³-hybridized carbons (Fsp3) is 0.333. The van der Waals surface area contributed by atoms with Gasteiger partial charge in [0.1, 0.15) is 6.33 Å². The summed E-state index contributed by atoms with van der Waals surface area (Å²) in [7, 11) is 5.33. The third kappa shape index (κ3) is 4.81. The number of fused-ring (bicyclic) bond motifs is 1. The lowest BCUT2D eigenvalue weighted by atomic mass is 10.2. The van der Waals surface area contributed by atoms with E-state index in [2.05, 4.69) is 54.3 Å². The van der Waals surface area contributed by atoms with Crippen LogP contribution in [0.4, 0.5) is 17.6 Å². The molecule has 182 valence electrons. The van der Waals surface area contributed by atoms with Crippen LogP contribution in [0, 0.1) is 0 Å². The largest absolute Gasteiger partial charge is 0.493 e. The number of piperazine rings is 1. The molecule has 11 nitrogen and oxygen atoms in total. The first-order valence-electron chi connectivity index (χ1n) is 11.4. The summed E-state index contributed by atoms with van der Waals surface area (Å²) in [4.78, 5) is 18.0. The predicted molar refractivity (Wildman–Crippen MR) is 134 cm³/mol. The fourth-order valence-electron chi connectivity index (χ4n) is 4.16. The average Bonchev–Trinajstić information content (AvgIpc) is 3.24. The molecule has 4 aromatic rings. The normalized spacial score (nSPS) is 14.8. The number of nitrogens with one attached hydrogen (secondary N) is 1. The number of benzene rings is 2. The maximum Gasteiger partial charge on any atom is 0.248 e. The van der Waals surface area contributed by atoms with Crippen LogP contribution in [0.3, 0.4) is 0 Å². The van der Waals surface area contributed by atoms with Crippen LogP contribution in [0.2, 0.25) is 0 Å². The number of methoxy groups -OCH3 is 2. The van der Waals surface area contributed by atoms with Gasteiger partial charge < -0.3 is 25.4 Å². The van der Waals surface area contributed by atoms with Crippen molar-refractivity contribution in [2.75, 3.05) is 58.5 Å². The Morgan fingerprint density at radius 2 is 1.69 bits per heavy atom. The molecule has 3 heterocycles. The van der Waals surface area contributed by atoms with Crippen molar-refractivity contribution < 1.29 is 9.47 Å². The minimum absolute atomic E-state index is 0.203. The number of nitrogen functional groups attached to an aromatic ring is 1. The second-order valence-corrected chi connectivity index (χ2v) is 8.53. The molecule has 0 unspecified atom stereocenters. The molecule has 3 N–H and O–H groups in total. The quantitative estimate of drug-likeness (QED) is 0.412. The zero-order valence-electron chi connectivity index (χ0n) is 20.1. The molecule has 0 radical (unpaired) electrons. The van der Waals surface area contributed by atoms with Gasteiger partial charge in [-0.05, 0) is 30.8 Å². The fourth-order valence-corrected chi connectivity index (χ4v) is 4.16. The lowest BCUT2D eigenvalue weighted by Crippen LogP contribution is -2.43. The van der Waals surface area contributed by atoms with Gasteiger partial charge in [0.15, 0.2) is 17.3 Å². The van der Waals surface area contributed by atoms with E-state index >= 15 is 0 Å². The van der Waals surface area contributed by atoms with E-state index in [0.717, 1.165) is 38.4 Å². The van der Waals surface area contributed by atoms with Gasteiger partial charge in [-0.2, -0.15) is 9.67 Å². The van der Waals surface area contributed by atoms with Gasteiger partial charge in [0, 0.05) is 49.9 Å². The van der Waals surface area contributed by atoms with Gasteiger partial charge in [-0.3, -0.25) is 4.90 Å². The summed E-state index contributed by atoms with van der Waals surface area (Å²) in [6.07, 6.45) is 1.46. The van der Waals surface area contributed by atoms with E-state index in [1.54, 1.807) is 26.4 Å². The van der Waals surface area contributed by atoms with E-state index in [9.17, 15) is 0 Å². The summed E-state index contributed by atoms with van der Waals surface area (Å²) in [6, 6.07) is 11.9. The van der Waals surface area contributed by atoms with Gasteiger partial charge in [0.2, 0.25) is 11.9 Å². The summed E-state index contributed by atoms with van der Waals surface area (Å²) < 4.78 is 12.3. The monoisotopic (exact) mass is 475 g/mol. The van der Waals surface area contributed by atoms with Crippen LogP contribution in [0.15, 0.2) is 42.7 Å². The molecule has 2 aromatic carbocycles. The van der Waals surface area contributed by atoms with Crippen LogP contribution in [-0.2, 0) is 6.54 Å². The number of anilines is 3. The van der Waals surface area contributed by atoms with E-state index in [0.29, 0.717) is 34.2 Å². The third-order valence-electron chi connectivity index (χ3n) is 6.16. The summed E-state index contributed by atoms with van der Waals surface area (Å²) in [5.74, 6) is 2.21. The Kier molecular flexibility index (Phi) is 6.34. The smallest absolute Gasteiger partial charge is 0.248 e. The van der Waals surface area contributed by atoms with Gasteiger partial charge in [0.05, 0.1) is 19.7 Å². The number of aromatic nitrogens is 5. The van der Waals surface area contributed by atoms with Crippen molar-refractivity contribution in [1.29, 1.82) is 0 Å². The Morgan fingerprint density at radius 3 is 2.40 bits per heavy atom. The molecular weight excluding hydrogens is 446 g/mol. The van der Waals surface area contributed by atoms with Gasteiger partial charge in [-0.15, -0.1) is 5.10 Å². The molecule has 0 spiro atoms. The molecule has 1 saturated heterocycles. The molecule has 11 heteroatoms. The molecule has 1 fully saturated rings. The second kappa shape index (κ2) is 9.72. The highest BCUT2D eigenvalue weighted by molar-refractivity contribution is 5.88. The number of nitrogens with two attached hydrogens (primary N) is 1. The summed E-state index contributed by atoms with van der Waals surface area (Å²) in [5, 5.41) is 8.48. The van der Waals surface area contributed by atoms with Crippen molar-refractivity contribution in [2.45, 2.75) is 6.54 Å². The van der Waals surface area contributed by atoms with E-state index in [-0.39, 0.29) is 5.95 Å². The molecule has 1 aliphatic rings. The van der Waals surface area contributed by atoms with Crippen molar-refractivity contribution in [2.24, 2.45) is 0 Å². The lowest BCUT2D eigenvalue weighted by Gasteiger charge is -2.32. The summed E-state index contributed by atoms with van der Waals surface area (Å²) in [6.45, 7) is 5.35.